The molecule has 0 saturated heterocycles. The molecule has 0 fully saturated rings. The number of nitro benzene ring substituents is 1. The number of hydrogen-bond acceptors (Lipinski definition) is 4. The van der Waals surface area contributed by atoms with Gasteiger partial charge in [-0.2, -0.15) is 0 Å². The van der Waals surface area contributed by atoms with Crippen LogP contribution in [0.3, 0.4) is 0 Å². The molecule has 0 amide bonds. The number of benzene rings is 1. The Hall–Kier alpha value is -1.34. The van der Waals surface area contributed by atoms with Gasteiger partial charge in [0.2, 0.25) is 10.0 Å². The number of nitrogens with zero attached hydrogens (tertiary/aromatic N) is 1. The van der Waals surface area contributed by atoms with Crippen LogP contribution in [0.1, 0.15) is 5.56 Å². The molecule has 0 spiro atoms. The fraction of sp³-hybridized carbons (Fsp3) is 0.250. The normalized spacial score (nSPS) is 11.1. The number of hydrogen-bond donors (Lipinski definition) is 1. The van der Waals surface area contributed by atoms with Gasteiger partial charge in [-0.1, -0.05) is 6.07 Å². The van der Waals surface area contributed by atoms with E-state index in [1.54, 1.807) is 6.92 Å². The van der Waals surface area contributed by atoms with E-state index in [1.165, 1.54) is 12.1 Å². The van der Waals surface area contributed by atoms with Crippen molar-refractivity contribution < 1.29 is 13.3 Å². The molecule has 0 aliphatic carbocycles. The second kappa shape index (κ2) is 4.67. The minimum absolute atomic E-state index is 0.162. The van der Waals surface area contributed by atoms with Gasteiger partial charge in [0.05, 0.1) is 10.6 Å². The Labute approximate surface area is 97.4 Å². The van der Waals surface area contributed by atoms with Crippen LogP contribution in [0.25, 0.3) is 0 Å². The van der Waals surface area contributed by atoms with Crippen molar-refractivity contribution in [2.75, 3.05) is 9.93 Å². The fourth-order valence-corrected chi connectivity index (χ4v) is 1.80. The predicted molar refractivity (Wildman–Crippen MR) is 61.1 cm³/mol. The highest BCUT2D eigenvalue weighted by atomic mass is 35.5. The zero-order valence-electron chi connectivity index (χ0n) is 8.31. The molecular formula is C8H9ClN2O4S. The molecule has 0 aromatic heterocycles. The number of alkyl halides is 1. The molecule has 6 nitrogen and oxygen atoms in total. The Balaban J connectivity index is 3.13. The Morgan fingerprint density at radius 2 is 2.12 bits per heavy atom. The molecule has 1 aromatic rings. The van der Waals surface area contributed by atoms with Gasteiger partial charge in [0.25, 0.3) is 5.69 Å². The van der Waals surface area contributed by atoms with E-state index in [2.05, 4.69) is 4.72 Å². The Morgan fingerprint density at radius 1 is 1.50 bits per heavy atom. The highest BCUT2D eigenvalue weighted by Crippen LogP contribution is 2.22. The molecule has 88 valence electrons. The summed E-state index contributed by atoms with van der Waals surface area (Å²) in [5, 5.41) is 9.90. The van der Waals surface area contributed by atoms with Crippen LogP contribution < -0.4 is 4.72 Å². The summed E-state index contributed by atoms with van der Waals surface area (Å²) in [6, 6.07) is 3.91. The van der Waals surface area contributed by atoms with Crippen molar-refractivity contribution in [3.8, 4) is 0 Å². The summed E-state index contributed by atoms with van der Waals surface area (Å²) in [7, 11) is -3.64. The molecule has 0 heterocycles. The van der Waals surface area contributed by atoms with E-state index < -0.39 is 20.2 Å². The van der Waals surface area contributed by atoms with Crippen LogP contribution in [0.15, 0.2) is 18.2 Å². The number of anilines is 1. The van der Waals surface area contributed by atoms with Gasteiger partial charge in [-0.3, -0.25) is 14.8 Å². The zero-order chi connectivity index (χ0) is 12.3. The third kappa shape index (κ3) is 3.07. The molecule has 16 heavy (non-hydrogen) atoms. The van der Waals surface area contributed by atoms with Crippen LogP contribution in [-0.4, -0.2) is 18.6 Å². The quantitative estimate of drug-likeness (QED) is 0.510. The van der Waals surface area contributed by atoms with Crippen molar-refractivity contribution in [2.45, 2.75) is 6.92 Å². The first-order valence-electron chi connectivity index (χ1n) is 4.17. The first-order chi connectivity index (χ1) is 7.35. The monoisotopic (exact) mass is 264 g/mol. The molecule has 0 atom stereocenters. The highest BCUT2D eigenvalue weighted by molar-refractivity contribution is 7.93. The van der Waals surface area contributed by atoms with Gasteiger partial charge < -0.3 is 0 Å². The summed E-state index contributed by atoms with van der Waals surface area (Å²) < 4.78 is 24.5. The van der Waals surface area contributed by atoms with Crippen molar-refractivity contribution >= 4 is 33.0 Å². The van der Waals surface area contributed by atoms with E-state index in [4.69, 9.17) is 11.6 Å². The minimum atomic E-state index is -3.64. The van der Waals surface area contributed by atoms with Crippen molar-refractivity contribution in [1.82, 2.24) is 0 Å². The van der Waals surface area contributed by atoms with Gasteiger partial charge in [0.1, 0.15) is 5.21 Å². The number of halogens is 1. The van der Waals surface area contributed by atoms with E-state index in [0.717, 1.165) is 6.07 Å². The maximum Gasteiger partial charge on any atom is 0.271 e. The largest absolute Gasteiger partial charge is 0.282 e. The fourth-order valence-electron chi connectivity index (χ4n) is 1.03. The summed E-state index contributed by atoms with van der Waals surface area (Å²) in [4.78, 5) is 9.90. The van der Waals surface area contributed by atoms with Crippen LogP contribution in [-0.2, 0) is 10.0 Å². The summed E-state index contributed by atoms with van der Waals surface area (Å²) in [5.41, 5.74) is 0.562. The lowest BCUT2D eigenvalue weighted by Gasteiger charge is -2.07. The lowest BCUT2D eigenvalue weighted by molar-refractivity contribution is -0.384. The lowest BCUT2D eigenvalue weighted by Crippen LogP contribution is -2.14. The number of nitrogens with one attached hydrogen (secondary N) is 1. The first-order valence-corrected chi connectivity index (χ1v) is 6.36. The highest BCUT2D eigenvalue weighted by Gasteiger charge is 2.13. The van der Waals surface area contributed by atoms with Crippen LogP contribution >= 0.6 is 11.6 Å². The molecule has 0 aliphatic rings. The van der Waals surface area contributed by atoms with Crippen LogP contribution in [0.2, 0.25) is 0 Å². The number of sulfonamides is 1. The standard InChI is InChI=1S/C8H9ClN2O4S/c1-6-2-3-7(11(12)13)4-8(6)10-16(14,15)5-9/h2-4,10H,5H2,1H3. The predicted octanol–water partition coefficient (Wildman–Crippen LogP) is 1.84. The molecule has 0 saturated carbocycles. The lowest BCUT2D eigenvalue weighted by atomic mass is 10.2. The minimum Gasteiger partial charge on any atom is -0.282 e. The number of aryl methyl sites for hydroxylation is 1. The number of non-ortho nitro benzene ring substituents is 1. The Kier molecular flexibility index (Phi) is 3.71. The molecular weight excluding hydrogens is 256 g/mol. The molecule has 0 bridgehead atoms. The third-order valence-electron chi connectivity index (χ3n) is 1.84. The maximum atomic E-state index is 11.2. The van der Waals surface area contributed by atoms with E-state index in [9.17, 15) is 18.5 Å². The van der Waals surface area contributed by atoms with Crippen molar-refractivity contribution in [1.29, 1.82) is 0 Å². The molecule has 0 unspecified atom stereocenters. The summed E-state index contributed by atoms with van der Waals surface area (Å²) in [6.45, 7) is 1.63. The van der Waals surface area contributed by atoms with Gasteiger partial charge in [-0.25, -0.2) is 8.42 Å². The van der Waals surface area contributed by atoms with Gasteiger partial charge in [0, 0.05) is 12.1 Å². The van der Waals surface area contributed by atoms with Crippen molar-refractivity contribution in [2.24, 2.45) is 0 Å². The van der Waals surface area contributed by atoms with Gasteiger partial charge >= 0.3 is 0 Å². The average molecular weight is 265 g/mol. The van der Waals surface area contributed by atoms with Gasteiger partial charge in [0.15, 0.2) is 0 Å². The van der Waals surface area contributed by atoms with E-state index in [0.29, 0.717) is 5.56 Å². The summed E-state index contributed by atoms with van der Waals surface area (Å²) in [6.07, 6.45) is 0. The van der Waals surface area contributed by atoms with E-state index in [1.807, 2.05) is 0 Å². The number of rotatable bonds is 4. The second-order valence-corrected chi connectivity index (χ2v) is 5.39. The van der Waals surface area contributed by atoms with Crippen LogP contribution in [0.5, 0.6) is 0 Å². The maximum absolute atomic E-state index is 11.2. The first kappa shape index (κ1) is 12.7. The Morgan fingerprint density at radius 3 is 2.62 bits per heavy atom. The summed E-state index contributed by atoms with van der Waals surface area (Å²) >= 11 is 5.21. The van der Waals surface area contributed by atoms with Crippen LogP contribution in [0.4, 0.5) is 11.4 Å². The van der Waals surface area contributed by atoms with Crippen molar-refractivity contribution in [3.63, 3.8) is 0 Å². The third-order valence-corrected chi connectivity index (χ3v) is 3.52. The molecule has 1 N–H and O–H groups in total. The van der Waals surface area contributed by atoms with Crippen LogP contribution in [0, 0.1) is 17.0 Å². The average Bonchev–Trinajstić information content (AvgIpc) is 2.21. The SMILES string of the molecule is Cc1ccc([N+](=O)[O-])cc1NS(=O)(=O)CCl. The smallest absolute Gasteiger partial charge is 0.271 e. The number of nitro groups is 1. The molecule has 0 radical (unpaired) electrons. The zero-order valence-corrected chi connectivity index (χ0v) is 9.88. The summed E-state index contributed by atoms with van der Waals surface area (Å²) in [5.74, 6) is 0. The Bertz CT molecular complexity index is 515. The molecule has 8 heteroatoms. The van der Waals surface area contributed by atoms with Gasteiger partial charge in [-0.05, 0) is 12.5 Å². The molecule has 1 aromatic carbocycles. The van der Waals surface area contributed by atoms with Gasteiger partial charge in [-0.15, -0.1) is 11.6 Å². The van der Waals surface area contributed by atoms with Crippen molar-refractivity contribution in [3.05, 3.63) is 33.9 Å². The van der Waals surface area contributed by atoms with E-state index in [-0.39, 0.29) is 11.4 Å². The second-order valence-electron chi connectivity index (χ2n) is 3.08. The topological polar surface area (TPSA) is 89.3 Å². The molecule has 0 aliphatic heterocycles. The van der Waals surface area contributed by atoms with E-state index >= 15 is 0 Å². The molecule has 1 rings (SSSR count).